The number of likely N-dealkylation sites (N-methyl/N-ethyl adjacent to an activating group) is 1. The van der Waals surface area contributed by atoms with Crippen molar-refractivity contribution in [3.8, 4) is 0 Å². The van der Waals surface area contributed by atoms with Crippen LogP contribution in [0.1, 0.15) is 0 Å². The Morgan fingerprint density at radius 3 is 2.57 bits per heavy atom. The fraction of sp³-hybridized carbons (Fsp3) is 0.333. The van der Waals surface area contributed by atoms with Gasteiger partial charge in [-0.2, -0.15) is 0 Å². The molecule has 0 unspecified atom stereocenters. The fourth-order valence-corrected chi connectivity index (χ4v) is 0.299. The van der Waals surface area contributed by atoms with Crippen molar-refractivity contribution in [1.29, 1.82) is 0 Å². The van der Waals surface area contributed by atoms with Gasteiger partial charge in [-0.15, -0.1) is 0 Å². The summed E-state index contributed by atoms with van der Waals surface area (Å²) in [7, 11) is 1.88. The minimum atomic E-state index is 0.837. The minimum absolute atomic E-state index is 0.837. The first-order valence-corrected chi connectivity index (χ1v) is 2.26. The molecule has 0 aromatic heterocycles. The zero-order valence-corrected chi connectivity index (χ0v) is 4.70. The highest BCUT2D eigenvalue weighted by Gasteiger charge is 1.78. The van der Waals surface area contributed by atoms with Crippen molar-refractivity contribution in [2.75, 3.05) is 13.6 Å². The maximum atomic E-state index is 3.68. The summed E-state index contributed by atoms with van der Waals surface area (Å²) in [6.07, 6.45) is 1.75. The normalized spacial score (nSPS) is 8.14. The SMILES string of the molecule is C=CC(=C)CNC. The third-order valence-corrected chi connectivity index (χ3v) is 0.693. The first kappa shape index (κ1) is 6.44. The van der Waals surface area contributed by atoms with Crippen LogP contribution in [0.4, 0.5) is 0 Å². The molecular weight excluding hydrogens is 86.1 g/mol. The Labute approximate surface area is 44.7 Å². The van der Waals surface area contributed by atoms with Crippen LogP contribution in [0, 0.1) is 0 Å². The Morgan fingerprint density at radius 2 is 2.43 bits per heavy atom. The van der Waals surface area contributed by atoms with E-state index >= 15 is 0 Å². The molecule has 0 amide bonds. The molecule has 0 fully saturated rings. The van der Waals surface area contributed by atoms with E-state index in [0.717, 1.165) is 12.1 Å². The van der Waals surface area contributed by atoms with Crippen molar-refractivity contribution in [2.24, 2.45) is 0 Å². The summed E-state index contributed by atoms with van der Waals surface area (Å²) < 4.78 is 0. The molecule has 0 heterocycles. The third kappa shape index (κ3) is 3.27. The number of rotatable bonds is 3. The molecule has 40 valence electrons. The van der Waals surface area contributed by atoms with E-state index in [0.29, 0.717) is 0 Å². The Kier molecular flexibility index (Phi) is 3.33. The maximum Gasteiger partial charge on any atom is 0.0196 e. The highest BCUT2D eigenvalue weighted by atomic mass is 14.8. The molecule has 1 nitrogen and oxygen atoms in total. The summed E-state index contributed by atoms with van der Waals surface area (Å²) >= 11 is 0. The van der Waals surface area contributed by atoms with Gasteiger partial charge in [0, 0.05) is 6.54 Å². The van der Waals surface area contributed by atoms with Crippen molar-refractivity contribution >= 4 is 0 Å². The molecule has 0 rings (SSSR count). The molecule has 0 aliphatic carbocycles. The first-order chi connectivity index (χ1) is 3.31. The molecule has 0 aromatic rings. The van der Waals surface area contributed by atoms with Gasteiger partial charge in [0.1, 0.15) is 0 Å². The topological polar surface area (TPSA) is 12.0 Å². The summed E-state index contributed by atoms with van der Waals surface area (Å²) in [4.78, 5) is 0. The van der Waals surface area contributed by atoms with Crippen molar-refractivity contribution in [3.05, 3.63) is 24.8 Å². The first-order valence-electron chi connectivity index (χ1n) is 2.26. The van der Waals surface area contributed by atoms with Crippen molar-refractivity contribution in [1.82, 2.24) is 5.32 Å². The smallest absolute Gasteiger partial charge is 0.0196 e. The summed E-state index contributed by atoms with van der Waals surface area (Å²) in [6.45, 7) is 8.06. The van der Waals surface area contributed by atoms with Gasteiger partial charge < -0.3 is 5.32 Å². The Bertz CT molecular complexity index is 74.2. The van der Waals surface area contributed by atoms with Gasteiger partial charge in [-0.05, 0) is 12.6 Å². The van der Waals surface area contributed by atoms with Gasteiger partial charge in [0.2, 0.25) is 0 Å². The van der Waals surface area contributed by atoms with E-state index in [4.69, 9.17) is 0 Å². The standard InChI is InChI=1S/C6H11N/c1-4-6(2)5-7-3/h4,7H,1-2,5H2,3H3. The molecule has 0 aromatic carbocycles. The van der Waals surface area contributed by atoms with Gasteiger partial charge in [0.05, 0.1) is 0 Å². The van der Waals surface area contributed by atoms with Crippen LogP contribution in [-0.2, 0) is 0 Å². The molecule has 7 heavy (non-hydrogen) atoms. The maximum absolute atomic E-state index is 3.68. The van der Waals surface area contributed by atoms with E-state index in [2.05, 4.69) is 18.5 Å². The molecule has 0 saturated heterocycles. The second-order valence-corrected chi connectivity index (χ2v) is 1.39. The molecule has 0 saturated carbocycles. The van der Waals surface area contributed by atoms with Crippen LogP contribution >= 0.6 is 0 Å². The molecule has 0 aliphatic heterocycles. The Morgan fingerprint density at radius 1 is 1.86 bits per heavy atom. The van der Waals surface area contributed by atoms with E-state index < -0.39 is 0 Å². The van der Waals surface area contributed by atoms with Gasteiger partial charge >= 0.3 is 0 Å². The van der Waals surface area contributed by atoms with Crippen molar-refractivity contribution in [2.45, 2.75) is 0 Å². The van der Waals surface area contributed by atoms with Crippen LogP contribution < -0.4 is 5.32 Å². The summed E-state index contributed by atoms with van der Waals surface area (Å²) in [5, 5.41) is 2.95. The second-order valence-electron chi connectivity index (χ2n) is 1.39. The Balaban J connectivity index is 3.17. The second kappa shape index (κ2) is 3.62. The lowest BCUT2D eigenvalue weighted by molar-refractivity contribution is 0.898. The highest BCUT2D eigenvalue weighted by Crippen LogP contribution is 1.83. The van der Waals surface area contributed by atoms with Crippen LogP contribution in [0.3, 0.4) is 0 Å². The van der Waals surface area contributed by atoms with E-state index in [9.17, 15) is 0 Å². The molecule has 0 spiro atoms. The lowest BCUT2D eigenvalue weighted by Crippen LogP contribution is -2.07. The zero-order chi connectivity index (χ0) is 5.70. The fourth-order valence-electron chi connectivity index (χ4n) is 0.299. The van der Waals surface area contributed by atoms with Gasteiger partial charge in [-0.25, -0.2) is 0 Å². The average Bonchev–Trinajstić information content (AvgIpc) is 1.68. The third-order valence-electron chi connectivity index (χ3n) is 0.693. The summed E-state index contributed by atoms with van der Waals surface area (Å²) in [5.41, 5.74) is 1.03. The molecule has 0 bridgehead atoms. The van der Waals surface area contributed by atoms with Crippen molar-refractivity contribution < 1.29 is 0 Å². The van der Waals surface area contributed by atoms with Crippen LogP contribution in [0.25, 0.3) is 0 Å². The number of hydrogen-bond donors (Lipinski definition) is 1. The van der Waals surface area contributed by atoms with E-state index in [1.807, 2.05) is 7.05 Å². The molecular formula is C6H11N. The van der Waals surface area contributed by atoms with Crippen molar-refractivity contribution in [3.63, 3.8) is 0 Å². The molecule has 1 heteroatoms. The summed E-state index contributed by atoms with van der Waals surface area (Å²) in [6, 6.07) is 0. The van der Waals surface area contributed by atoms with Crippen LogP contribution in [-0.4, -0.2) is 13.6 Å². The van der Waals surface area contributed by atoms with E-state index in [1.165, 1.54) is 0 Å². The zero-order valence-electron chi connectivity index (χ0n) is 4.70. The van der Waals surface area contributed by atoms with Crippen LogP contribution in [0.2, 0.25) is 0 Å². The highest BCUT2D eigenvalue weighted by molar-refractivity contribution is 5.11. The minimum Gasteiger partial charge on any atom is -0.316 e. The lowest BCUT2D eigenvalue weighted by atomic mass is 10.3. The Hall–Kier alpha value is -0.560. The van der Waals surface area contributed by atoms with Crippen LogP contribution in [0.5, 0.6) is 0 Å². The van der Waals surface area contributed by atoms with Gasteiger partial charge in [-0.3, -0.25) is 0 Å². The van der Waals surface area contributed by atoms with Crippen LogP contribution in [0.15, 0.2) is 24.8 Å². The molecule has 1 N–H and O–H groups in total. The predicted octanol–water partition coefficient (Wildman–Crippen LogP) is 0.948. The predicted molar refractivity (Wildman–Crippen MR) is 33.3 cm³/mol. The number of hydrogen-bond acceptors (Lipinski definition) is 1. The summed E-state index contributed by atoms with van der Waals surface area (Å²) in [5.74, 6) is 0. The quantitative estimate of drug-likeness (QED) is 0.517. The largest absolute Gasteiger partial charge is 0.316 e. The van der Waals surface area contributed by atoms with E-state index in [-0.39, 0.29) is 0 Å². The average molecular weight is 97.2 g/mol. The lowest BCUT2D eigenvalue weighted by Gasteiger charge is -1.92. The monoisotopic (exact) mass is 97.1 g/mol. The molecule has 0 atom stereocenters. The van der Waals surface area contributed by atoms with Gasteiger partial charge in [-0.1, -0.05) is 19.2 Å². The number of nitrogens with one attached hydrogen (secondary N) is 1. The molecule has 0 aliphatic rings. The molecule has 0 radical (unpaired) electrons. The van der Waals surface area contributed by atoms with Gasteiger partial charge in [0.25, 0.3) is 0 Å². The van der Waals surface area contributed by atoms with Gasteiger partial charge in [0.15, 0.2) is 0 Å². The van der Waals surface area contributed by atoms with E-state index in [1.54, 1.807) is 6.08 Å².